The summed E-state index contributed by atoms with van der Waals surface area (Å²) in [6.07, 6.45) is 3.28. The van der Waals surface area contributed by atoms with Crippen molar-refractivity contribution in [3.05, 3.63) is 88.8 Å². The number of aliphatic hydroxyl groups is 1. The molecule has 1 saturated heterocycles. The Labute approximate surface area is 209 Å². The molecule has 1 atom stereocenters. The number of carbonyl (C=O) groups is 2. The van der Waals surface area contributed by atoms with Crippen LogP contribution in [0, 0.1) is 6.92 Å². The van der Waals surface area contributed by atoms with Crippen LogP contribution >= 0.6 is 0 Å². The maximum atomic E-state index is 13.3. The first-order chi connectivity index (χ1) is 17.4. The third-order valence-electron chi connectivity index (χ3n) is 6.09. The molecule has 4 rings (SSSR count). The van der Waals surface area contributed by atoms with Crippen LogP contribution in [-0.2, 0) is 16.1 Å². The Morgan fingerprint density at radius 1 is 1.03 bits per heavy atom. The smallest absolute Gasteiger partial charge is 0.295 e. The number of methoxy groups -OCH3 is 2. The average Bonchev–Trinajstić information content (AvgIpc) is 3.14. The Morgan fingerprint density at radius 3 is 2.42 bits per heavy atom. The van der Waals surface area contributed by atoms with E-state index in [2.05, 4.69) is 4.98 Å². The summed E-state index contributed by atoms with van der Waals surface area (Å²) >= 11 is 0. The fraction of sp³-hybridized carbons (Fsp3) is 0.250. The maximum absolute atomic E-state index is 13.3. The van der Waals surface area contributed by atoms with Crippen LogP contribution in [0.3, 0.4) is 0 Å². The number of rotatable bonds is 8. The predicted molar refractivity (Wildman–Crippen MR) is 134 cm³/mol. The van der Waals surface area contributed by atoms with Crippen LogP contribution in [0.2, 0.25) is 0 Å². The maximum Gasteiger partial charge on any atom is 0.295 e. The number of amides is 1. The SMILES string of the molecule is CCOc1ccc([C@H]2/C(=C(\O)c3ccc(OC)c(C)c3)C(=O)C(=O)N2Cc2cccnc2)cc1OC. The molecule has 1 N–H and O–H groups in total. The summed E-state index contributed by atoms with van der Waals surface area (Å²) in [5, 5.41) is 11.3. The minimum Gasteiger partial charge on any atom is -0.507 e. The molecule has 3 aromatic rings. The van der Waals surface area contributed by atoms with Crippen molar-refractivity contribution in [3.63, 3.8) is 0 Å². The summed E-state index contributed by atoms with van der Waals surface area (Å²) in [5.74, 6) is -0.0754. The fourth-order valence-corrected chi connectivity index (χ4v) is 4.39. The standard InChI is InChI=1S/C28H28N2O6/c1-5-36-22-11-8-19(14-23(22)35-4)25-24(26(31)20-9-10-21(34-3)17(2)13-20)27(32)28(33)30(25)16-18-7-6-12-29-15-18/h6-15,25,31H,5,16H2,1-4H3/b26-24+/t25-/m0/s1. The highest BCUT2D eigenvalue weighted by molar-refractivity contribution is 6.46. The van der Waals surface area contributed by atoms with Gasteiger partial charge in [-0.3, -0.25) is 14.6 Å². The molecule has 0 saturated carbocycles. The molecule has 0 spiro atoms. The zero-order valence-corrected chi connectivity index (χ0v) is 20.6. The highest BCUT2D eigenvalue weighted by atomic mass is 16.5. The molecule has 8 nitrogen and oxygen atoms in total. The van der Waals surface area contributed by atoms with Gasteiger partial charge in [0.05, 0.1) is 32.4 Å². The van der Waals surface area contributed by atoms with E-state index in [4.69, 9.17) is 14.2 Å². The summed E-state index contributed by atoms with van der Waals surface area (Å²) < 4.78 is 16.5. The number of hydrogen-bond acceptors (Lipinski definition) is 7. The van der Waals surface area contributed by atoms with Crippen LogP contribution in [0.15, 0.2) is 66.5 Å². The van der Waals surface area contributed by atoms with Gasteiger partial charge in [-0.15, -0.1) is 0 Å². The molecule has 8 heteroatoms. The number of nitrogens with zero attached hydrogens (tertiary/aromatic N) is 2. The van der Waals surface area contributed by atoms with E-state index in [-0.39, 0.29) is 17.9 Å². The first kappa shape index (κ1) is 24.8. The molecule has 1 aromatic heterocycles. The number of ether oxygens (including phenoxy) is 3. The van der Waals surface area contributed by atoms with Crippen molar-refractivity contribution in [3.8, 4) is 17.2 Å². The zero-order chi connectivity index (χ0) is 25.8. The van der Waals surface area contributed by atoms with Crippen LogP contribution in [0.1, 0.15) is 35.2 Å². The normalized spacial score (nSPS) is 16.8. The third kappa shape index (κ3) is 4.62. The van der Waals surface area contributed by atoms with E-state index in [1.165, 1.54) is 12.0 Å². The number of hydrogen-bond donors (Lipinski definition) is 1. The predicted octanol–water partition coefficient (Wildman–Crippen LogP) is 4.43. The molecule has 1 aliphatic rings. The Kier molecular flexibility index (Phi) is 7.24. The van der Waals surface area contributed by atoms with E-state index in [1.54, 1.807) is 62.0 Å². The van der Waals surface area contributed by atoms with Crippen molar-refractivity contribution in [2.75, 3.05) is 20.8 Å². The first-order valence-electron chi connectivity index (χ1n) is 11.5. The minimum absolute atomic E-state index is 0.000305. The molecule has 2 heterocycles. The van der Waals surface area contributed by atoms with E-state index in [9.17, 15) is 14.7 Å². The minimum atomic E-state index is -0.850. The lowest BCUT2D eigenvalue weighted by Crippen LogP contribution is -2.29. The van der Waals surface area contributed by atoms with Gasteiger partial charge in [-0.05, 0) is 66.9 Å². The third-order valence-corrected chi connectivity index (χ3v) is 6.09. The van der Waals surface area contributed by atoms with E-state index in [0.717, 1.165) is 11.1 Å². The number of pyridine rings is 1. The first-order valence-corrected chi connectivity index (χ1v) is 11.5. The van der Waals surface area contributed by atoms with Crippen LogP contribution < -0.4 is 14.2 Å². The second kappa shape index (κ2) is 10.5. The topological polar surface area (TPSA) is 98.2 Å². The van der Waals surface area contributed by atoms with Crippen molar-refractivity contribution >= 4 is 17.4 Å². The number of benzene rings is 2. The molecule has 1 aliphatic heterocycles. The summed E-state index contributed by atoms with van der Waals surface area (Å²) in [5.41, 5.74) is 2.55. The van der Waals surface area contributed by atoms with Gasteiger partial charge in [0.25, 0.3) is 11.7 Å². The summed E-state index contributed by atoms with van der Waals surface area (Å²) in [7, 11) is 3.08. The molecule has 36 heavy (non-hydrogen) atoms. The highest BCUT2D eigenvalue weighted by Gasteiger charge is 2.46. The van der Waals surface area contributed by atoms with Crippen molar-refractivity contribution in [1.29, 1.82) is 0 Å². The van der Waals surface area contributed by atoms with Gasteiger partial charge >= 0.3 is 0 Å². The molecular formula is C28H28N2O6. The second-order valence-electron chi connectivity index (χ2n) is 8.32. The van der Waals surface area contributed by atoms with Crippen molar-refractivity contribution in [1.82, 2.24) is 9.88 Å². The van der Waals surface area contributed by atoms with Gasteiger partial charge in [0.15, 0.2) is 11.5 Å². The fourth-order valence-electron chi connectivity index (χ4n) is 4.39. The molecule has 1 fully saturated rings. The van der Waals surface area contributed by atoms with E-state index in [0.29, 0.717) is 35.0 Å². The van der Waals surface area contributed by atoms with Gasteiger partial charge in [-0.2, -0.15) is 0 Å². The number of Topliss-reactive ketones (excluding diaryl/α,β-unsaturated/α-hetero) is 1. The Hall–Kier alpha value is -4.33. The van der Waals surface area contributed by atoms with Crippen molar-refractivity contribution < 1.29 is 28.9 Å². The molecule has 1 amide bonds. The van der Waals surface area contributed by atoms with Crippen molar-refractivity contribution in [2.24, 2.45) is 0 Å². The van der Waals surface area contributed by atoms with Gasteiger partial charge in [0, 0.05) is 24.5 Å². The molecule has 0 unspecified atom stereocenters. The molecule has 0 aliphatic carbocycles. The number of carbonyl (C=O) groups excluding carboxylic acids is 2. The highest BCUT2D eigenvalue weighted by Crippen LogP contribution is 2.43. The number of likely N-dealkylation sites (tertiary alicyclic amines) is 1. The van der Waals surface area contributed by atoms with E-state index < -0.39 is 17.7 Å². The molecule has 2 aromatic carbocycles. The number of ketones is 1. The van der Waals surface area contributed by atoms with E-state index in [1.807, 2.05) is 19.9 Å². The van der Waals surface area contributed by atoms with Crippen molar-refractivity contribution in [2.45, 2.75) is 26.4 Å². The van der Waals surface area contributed by atoms with Gasteiger partial charge in [0.1, 0.15) is 11.5 Å². The number of aryl methyl sites for hydroxylation is 1. The zero-order valence-electron chi connectivity index (χ0n) is 20.6. The van der Waals surface area contributed by atoms with Crippen LogP contribution in [0.5, 0.6) is 17.2 Å². The lowest BCUT2D eigenvalue weighted by Gasteiger charge is -2.26. The molecular weight excluding hydrogens is 460 g/mol. The lowest BCUT2D eigenvalue weighted by molar-refractivity contribution is -0.140. The molecule has 0 bridgehead atoms. The Bertz CT molecular complexity index is 1320. The summed E-state index contributed by atoms with van der Waals surface area (Å²) in [4.78, 5) is 32.2. The van der Waals surface area contributed by atoms with Crippen LogP contribution in [0.25, 0.3) is 5.76 Å². The Morgan fingerprint density at radius 2 is 1.78 bits per heavy atom. The monoisotopic (exact) mass is 488 g/mol. The second-order valence-corrected chi connectivity index (χ2v) is 8.32. The summed E-state index contributed by atoms with van der Waals surface area (Å²) in [6, 6.07) is 13.1. The van der Waals surface area contributed by atoms with Crippen LogP contribution in [-0.4, -0.2) is 47.5 Å². The van der Waals surface area contributed by atoms with Gasteiger partial charge in [-0.25, -0.2) is 0 Å². The number of aromatic nitrogens is 1. The largest absolute Gasteiger partial charge is 0.507 e. The Balaban J connectivity index is 1.89. The van der Waals surface area contributed by atoms with Gasteiger partial charge in [0.2, 0.25) is 0 Å². The van der Waals surface area contributed by atoms with E-state index >= 15 is 0 Å². The number of aliphatic hydroxyl groups excluding tert-OH is 1. The quantitative estimate of drug-likeness (QED) is 0.285. The summed E-state index contributed by atoms with van der Waals surface area (Å²) in [6.45, 7) is 4.29. The van der Waals surface area contributed by atoms with Crippen LogP contribution in [0.4, 0.5) is 0 Å². The van der Waals surface area contributed by atoms with Gasteiger partial charge < -0.3 is 24.2 Å². The molecule has 186 valence electrons. The lowest BCUT2D eigenvalue weighted by atomic mass is 9.94. The van der Waals surface area contributed by atoms with Gasteiger partial charge in [-0.1, -0.05) is 12.1 Å². The average molecular weight is 489 g/mol. The molecule has 0 radical (unpaired) electrons.